The zero-order valence-electron chi connectivity index (χ0n) is 12.4. The lowest BCUT2D eigenvalue weighted by Crippen LogP contribution is -2.17. The number of ether oxygens (including phenoxy) is 1. The molecule has 0 radical (unpaired) electrons. The Morgan fingerprint density at radius 2 is 1.89 bits per heavy atom. The minimum absolute atomic E-state index is 0.0947. The number of Topliss-reactive ketones (excluding diaryl/α,β-unsaturated/α-hetero) is 1. The van der Waals surface area contributed by atoms with Crippen LogP contribution < -0.4 is 0 Å². The SMILES string of the molecule is CC1CC(C(=O)Cc2ccc(C(C)(C)C)cc2)CO1. The van der Waals surface area contributed by atoms with Crippen molar-refractivity contribution in [2.24, 2.45) is 5.92 Å². The monoisotopic (exact) mass is 260 g/mol. The van der Waals surface area contributed by atoms with Crippen LogP contribution in [0.5, 0.6) is 0 Å². The van der Waals surface area contributed by atoms with Gasteiger partial charge in [-0.1, -0.05) is 45.0 Å². The molecule has 104 valence electrons. The van der Waals surface area contributed by atoms with Crippen LogP contribution in [-0.4, -0.2) is 18.5 Å². The summed E-state index contributed by atoms with van der Waals surface area (Å²) in [4.78, 5) is 12.2. The zero-order chi connectivity index (χ0) is 14.0. The molecule has 0 aliphatic carbocycles. The maximum Gasteiger partial charge on any atom is 0.142 e. The minimum atomic E-state index is 0.0947. The maximum absolute atomic E-state index is 12.2. The van der Waals surface area contributed by atoms with Gasteiger partial charge in [0.2, 0.25) is 0 Å². The van der Waals surface area contributed by atoms with Crippen molar-refractivity contribution >= 4 is 5.78 Å². The number of carbonyl (C=O) groups is 1. The molecule has 1 aliphatic rings. The van der Waals surface area contributed by atoms with E-state index in [0.29, 0.717) is 18.8 Å². The molecule has 2 heteroatoms. The van der Waals surface area contributed by atoms with E-state index in [1.54, 1.807) is 0 Å². The van der Waals surface area contributed by atoms with Crippen molar-refractivity contribution in [2.45, 2.75) is 52.1 Å². The first-order valence-corrected chi connectivity index (χ1v) is 7.10. The first-order chi connectivity index (χ1) is 8.86. The molecule has 0 aromatic heterocycles. The average molecular weight is 260 g/mol. The highest BCUT2D eigenvalue weighted by molar-refractivity contribution is 5.83. The van der Waals surface area contributed by atoms with E-state index in [1.165, 1.54) is 5.56 Å². The van der Waals surface area contributed by atoms with E-state index in [-0.39, 0.29) is 17.4 Å². The molecule has 2 unspecified atom stereocenters. The Bertz CT molecular complexity index is 439. The van der Waals surface area contributed by atoms with Crippen molar-refractivity contribution in [2.75, 3.05) is 6.61 Å². The number of carbonyl (C=O) groups excluding carboxylic acids is 1. The predicted octanol–water partition coefficient (Wildman–Crippen LogP) is 3.52. The molecule has 2 nitrogen and oxygen atoms in total. The summed E-state index contributed by atoms with van der Waals surface area (Å²) < 4.78 is 5.47. The van der Waals surface area contributed by atoms with E-state index >= 15 is 0 Å². The van der Waals surface area contributed by atoms with Gasteiger partial charge in [0.25, 0.3) is 0 Å². The van der Waals surface area contributed by atoms with Crippen molar-refractivity contribution < 1.29 is 9.53 Å². The second-order valence-electron chi connectivity index (χ2n) is 6.67. The standard InChI is InChI=1S/C17H24O2/c1-12-9-14(11-19-12)16(18)10-13-5-7-15(8-6-13)17(2,3)4/h5-8,12,14H,9-11H2,1-4H3. The Labute approximate surface area is 116 Å². The summed E-state index contributed by atoms with van der Waals surface area (Å²) in [6, 6.07) is 8.43. The molecule has 1 fully saturated rings. The molecular formula is C17H24O2. The van der Waals surface area contributed by atoms with E-state index in [1.807, 2.05) is 6.92 Å². The van der Waals surface area contributed by atoms with Crippen LogP contribution in [0.3, 0.4) is 0 Å². The summed E-state index contributed by atoms with van der Waals surface area (Å²) in [5.41, 5.74) is 2.58. The average Bonchev–Trinajstić information content (AvgIpc) is 2.75. The highest BCUT2D eigenvalue weighted by Crippen LogP contribution is 2.24. The van der Waals surface area contributed by atoms with Crippen LogP contribution in [0.15, 0.2) is 24.3 Å². The van der Waals surface area contributed by atoms with Crippen LogP contribution in [0.4, 0.5) is 0 Å². The van der Waals surface area contributed by atoms with Gasteiger partial charge < -0.3 is 4.74 Å². The van der Waals surface area contributed by atoms with Crippen molar-refractivity contribution in [1.29, 1.82) is 0 Å². The molecule has 0 N–H and O–H groups in total. The van der Waals surface area contributed by atoms with Crippen LogP contribution in [0.25, 0.3) is 0 Å². The van der Waals surface area contributed by atoms with Crippen LogP contribution in [-0.2, 0) is 21.4 Å². The second kappa shape index (κ2) is 5.46. The minimum Gasteiger partial charge on any atom is -0.378 e. The fourth-order valence-electron chi connectivity index (χ4n) is 2.51. The molecule has 1 aromatic rings. The lowest BCUT2D eigenvalue weighted by Gasteiger charge is -2.19. The number of rotatable bonds is 3. The number of benzene rings is 1. The number of hydrogen-bond acceptors (Lipinski definition) is 2. The molecule has 1 aromatic carbocycles. The molecule has 1 saturated heterocycles. The first kappa shape index (κ1) is 14.3. The van der Waals surface area contributed by atoms with Gasteiger partial charge in [0, 0.05) is 12.3 Å². The van der Waals surface area contributed by atoms with E-state index in [2.05, 4.69) is 45.0 Å². The van der Waals surface area contributed by atoms with Gasteiger partial charge in [-0.2, -0.15) is 0 Å². The van der Waals surface area contributed by atoms with E-state index < -0.39 is 0 Å². The number of hydrogen-bond donors (Lipinski definition) is 0. The molecule has 0 amide bonds. The summed E-state index contributed by atoms with van der Waals surface area (Å²) in [5.74, 6) is 0.408. The smallest absolute Gasteiger partial charge is 0.142 e. The van der Waals surface area contributed by atoms with Crippen molar-refractivity contribution in [3.8, 4) is 0 Å². The van der Waals surface area contributed by atoms with E-state index in [0.717, 1.165) is 12.0 Å². The molecule has 2 atom stereocenters. The van der Waals surface area contributed by atoms with Crippen LogP contribution in [0, 0.1) is 5.92 Å². The molecule has 2 rings (SSSR count). The van der Waals surface area contributed by atoms with Crippen molar-refractivity contribution in [3.63, 3.8) is 0 Å². The summed E-state index contributed by atoms with van der Waals surface area (Å²) in [7, 11) is 0. The Balaban J connectivity index is 1.98. The molecule has 0 bridgehead atoms. The zero-order valence-corrected chi connectivity index (χ0v) is 12.4. The molecule has 0 spiro atoms. The Hall–Kier alpha value is -1.15. The van der Waals surface area contributed by atoms with Gasteiger partial charge >= 0.3 is 0 Å². The van der Waals surface area contributed by atoms with Crippen molar-refractivity contribution in [3.05, 3.63) is 35.4 Å². The van der Waals surface area contributed by atoms with Gasteiger partial charge in [-0.15, -0.1) is 0 Å². The Kier molecular flexibility index (Phi) is 4.10. The summed E-state index contributed by atoms with van der Waals surface area (Å²) >= 11 is 0. The Morgan fingerprint density at radius 1 is 1.26 bits per heavy atom. The quantitative estimate of drug-likeness (QED) is 0.831. The second-order valence-corrected chi connectivity index (χ2v) is 6.67. The highest BCUT2D eigenvalue weighted by atomic mass is 16.5. The van der Waals surface area contributed by atoms with Crippen LogP contribution in [0.2, 0.25) is 0 Å². The molecule has 0 saturated carbocycles. The Morgan fingerprint density at radius 3 is 2.37 bits per heavy atom. The van der Waals surface area contributed by atoms with Crippen LogP contribution >= 0.6 is 0 Å². The third kappa shape index (κ3) is 3.66. The summed E-state index contributed by atoms with van der Waals surface area (Å²) in [5, 5.41) is 0. The lowest BCUT2D eigenvalue weighted by atomic mass is 9.86. The normalized spacial score (nSPS) is 23.6. The van der Waals surface area contributed by atoms with Gasteiger partial charge in [0.05, 0.1) is 12.7 Å². The fourth-order valence-corrected chi connectivity index (χ4v) is 2.51. The number of ketones is 1. The van der Waals surface area contributed by atoms with Gasteiger partial charge in [0.15, 0.2) is 0 Å². The third-order valence-corrected chi connectivity index (χ3v) is 3.85. The largest absolute Gasteiger partial charge is 0.378 e. The first-order valence-electron chi connectivity index (χ1n) is 7.10. The molecule has 1 aliphatic heterocycles. The third-order valence-electron chi connectivity index (χ3n) is 3.85. The van der Waals surface area contributed by atoms with Crippen molar-refractivity contribution in [1.82, 2.24) is 0 Å². The summed E-state index contributed by atoms with van der Waals surface area (Å²) in [6.07, 6.45) is 1.64. The van der Waals surface area contributed by atoms with Gasteiger partial charge in [-0.25, -0.2) is 0 Å². The van der Waals surface area contributed by atoms with Gasteiger partial charge in [0.1, 0.15) is 5.78 Å². The van der Waals surface area contributed by atoms with E-state index in [4.69, 9.17) is 4.74 Å². The fraction of sp³-hybridized carbons (Fsp3) is 0.588. The topological polar surface area (TPSA) is 26.3 Å². The molecular weight excluding hydrogens is 236 g/mol. The molecule has 19 heavy (non-hydrogen) atoms. The van der Waals surface area contributed by atoms with Gasteiger partial charge in [-0.3, -0.25) is 4.79 Å². The lowest BCUT2D eigenvalue weighted by molar-refractivity contribution is -0.122. The summed E-state index contributed by atoms with van der Waals surface area (Å²) in [6.45, 7) is 9.23. The van der Waals surface area contributed by atoms with E-state index in [9.17, 15) is 4.79 Å². The highest BCUT2D eigenvalue weighted by Gasteiger charge is 2.27. The predicted molar refractivity (Wildman–Crippen MR) is 77.4 cm³/mol. The van der Waals surface area contributed by atoms with Crippen LogP contribution in [0.1, 0.15) is 45.2 Å². The van der Waals surface area contributed by atoms with Gasteiger partial charge in [-0.05, 0) is 29.9 Å². The maximum atomic E-state index is 12.2. The molecule has 1 heterocycles.